The maximum atomic E-state index is 13.6. The van der Waals surface area contributed by atoms with Crippen molar-refractivity contribution in [3.05, 3.63) is 100 Å². The number of para-hydroxylation sites is 1. The highest BCUT2D eigenvalue weighted by Crippen LogP contribution is 2.21. The minimum Gasteiger partial charge on any atom is -0.368 e. The molecule has 0 unspecified atom stereocenters. The molecule has 0 atom stereocenters. The molecule has 34 heavy (non-hydrogen) atoms. The zero-order chi connectivity index (χ0) is 23.7. The smallest absolute Gasteiger partial charge is 0.279 e. The second kappa shape index (κ2) is 8.94. The molecule has 0 N–H and O–H groups in total. The summed E-state index contributed by atoms with van der Waals surface area (Å²) in [6.45, 7) is 3.96. The molecule has 0 aliphatic carbocycles. The van der Waals surface area contributed by atoms with Gasteiger partial charge in [-0.15, -0.1) is 0 Å². The number of benzene rings is 3. The predicted octanol–water partition coefficient (Wildman–Crippen LogP) is 3.55. The molecule has 1 aromatic heterocycles. The van der Waals surface area contributed by atoms with E-state index in [2.05, 4.69) is 10.00 Å². The monoisotopic (exact) mass is 452 g/mol. The lowest BCUT2D eigenvalue weighted by atomic mass is 10.1. The fraction of sp³-hybridized carbons (Fsp3) is 0.185. The van der Waals surface area contributed by atoms with Crippen LogP contribution in [0.15, 0.2) is 83.7 Å². The summed E-state index contributed by atoms with van der Waals surface area (Å²) in [5.74, 6) is -0.147. The molecule has 170 valence electrons. The summed E-state index contributed by atoms with van der Waals surface area (Å²) in [6.07, 6.45) is 0. The summed E-state index contributed by atoms with van der Waals surface area (Å²) in [4.78, 5) is 42.2. The summed E-state index contributed by atoms with van der Waals surface area (Å²) in [5, 5.41) is 5.55. The van der Waals surface area contributed by atoms with Crippen LogP contribution in [0.3, 0.4) is 0 Å². The van der Waals surface area contributed by atoms with Gasteiger partial charge in [0.05, 0.1) is 11.1 Å². The van der Waals surface area contributed by atoms with E-state index in [1.807, 2.05) is 48.5 Å². The number of nitrogens with zero attached hydrogens (tertiary/aromatic N) is 4. The largest absolute Gasteiger partial charge is 0.368 e. The van der Waals surface area contributed by atoms with Crippen LogP contribution in [0.2, 0.25) is 0 Å². The summed E-state index contributed by atoms with van der Waals surface area (Å²) in [6, 6.07) is 23.8. The zero-order valence-corrected chi connectivity index (χ0v) is 18.8. The first-order chi connectivity index (χ1) is 16.5. The van der Waals surface area contributed by atoms with Crippen molar-refractivity contribution in [3.63, 3.8) is 0 Å². The third kappa shape index (κ3) is 3.96. The quantitative estimate of drug-likeness (QED) is 0.443. The number of aromatic nitrogens is 2. The molecule has 2 heterocycles. The Morgan fingerprint density at radius 2 is 1.35 bits per heavy atom. The van der Waals surface area contributed by atoms with Gasteiger partial charge in [-0.2, -0.15) is 9.78 Å². The minimum absolute atomic E-state index is 0.0403. The molecule has 1 aliphatic heterocycles. The van der Waals surface area contributed by atoms with Crippen molar-refractivity contribution in [2.45, 2.75) is 6.92 Å². The molecule has 1 aliphatic rings. The first-order valence-corrected chi connectivity index (χ1v) is 11.3. The van der Waals surface area contributed by atoms with Crippen LogP contribution in [-0.4, -0.2) is 52.5 Å². The normalized spacial score (nSPS) is 13.8. The lowest BCUT2D eigenvalue weighted by Gasteiger charge is -2.36. The van der Waals surface area contributed by atoms with Crippen LogP contribution in [0.4, 0.5) is 5.69 Å². The van der Waals surface area contributed by atoms with Crippen molar-refractivity contribution in [2.75, 3.05) is 31.1 Å². The lowest BCUT2D eigenvalue weighted by molar-refractivity contribution is 0.0741. The van der Waals surface area contributed by atoms with E-state index in [-0.39, 0.29) is 22.9 Å². The Hall–Kier alpha value is -4.26. The van der Waals surface area contributed by atoms with E-state index in [1.54, 1.807) is 42.2 Å². The van der Waals surface area contributed by atoms with Gasteiger partial charge in [0.15, 0.2) is 11.5 Å². The second-order valence-corrected chi connectivity index (χ2v) is 8.33. The standard InChI is InChI=1S/C27H24N4O3/c1-19(32)20-11-13-21(14-12-20)29-15-17-30(18-16-29)27(34)25-23-9-5-6-10-24(23)26(33)31(28-25)22-7-3-2-4-8-22/h2-14H,15-18H2,1H3. The fourth-order valence-electron chi connectivity index (χ4n) is 4.32. The Labute approximate surface area is 196 Å². The number of piperazine rings is 1. The molecule has 7 nitrogen and oxygen atoms in total. The van der Waals surface area contributed by atoms with Gasteiger partial charge in [0.1, 0.15) is 0 Å². The van der Waals surface area contributed by atoms with Crippen LogP contribution in [0.1, 0.15) is 27.8 Å². The molecular weight excluding hydrogens is 428 g/mol. The van der Waals surface area contributed by atoms with E-state index >= 15 is 0 Å². The number of Topliss-reactive ketones (excluding diaryl/α,β-unsaturated/α-hetero) is 1. The molecular formula is C27H24N4O3. The van der Waals surface area contributed by atoms with Gasteiger partial charge in [-0.05, 0) is 49.4 Å². The molecule has 0 spiro atoms. The molecule has 1 saturated heterocycles. The SMILES string of the molecule is CC(=O)c1ccc(N2CCN(C(=O)c3nn(-c4ccccc4)c(=O)c4ccccc34)CC2)cc1. The zero-order valence-electron chi connectivity index (χ0n) is 18.8. The van der Waals surface area contributed by atoms with E-state index < -0.39 is 0 Å². The summed E-state index contributed by atoms with van der Waals surface area (Å²) in [7, 11) is 0. The molecule has 4 aromatic rings. The van der Waals surface area contributed by atoms with Gasteiger partial charge in [0.2, 0.25) is 0 Å². The molecule has 7 heteroatoms. The van der Waals surface area contributed by atoms with E-state index in [9.17, 15) is 14.4 Å². The van der Waals surface area contributed by atoms with Crippen LogP contribution in [0.5, 0.6) is 0 Å². The summed E-state index contributed by atoms with van der Waals surface area (Å²) in [5.41, 5.74) is 2.35. The second-order valence-electron chi connectivity index (χ2n) is 8.33. The number of hydrogen-bond acceptors (Lipinski definition) is 5. The van der Waals surface area contributed by atoms with E-state index in [0.717, 1.165) is 5.69 Å². The molecule has 0 radical (unpaired) electrons. The highest BCUT2D eigenvalue weighted by molar-refractivity contribution is 6.05. The van der Waals surface area contributed by atoms with Crippen molar-refractivity contribution in [3.8, 4) is 5.69 Å². The minimum atomic E-state index is -0.253. The number of hydrogen-bond donors (Lipinski definition) is 0. The van der Waals surface area contributed by atoms with Gasteiger partial charge in [0, 0.05) is 42.8 Å². The Balaban J connectivity index is 1.42. The first-order valence-electron chi connectivity index (χ1n) is 11.3. The number of amides is 1. The third-order valence-corrected chi connectivity index (χ3v) is 6.21. The Morgan fingerprint density at radius 1 is 0.735 bits per heavy atom. The fourth-order valence-corrected chi connectivity index (χ4v) is 4.32. The van der Waals surface area contributed by atoms with Crippen LogP contribution in [0.25, 0.3) is 16.5 Å². The highest BCUT2D eigenvalue weighted by Gasteiger charge is 2.26. The maximum absolute atomic E-state index is 13.6. The molecule has 5 rings (SSSR count). The predicted molar refractivity (Wildman–Crippen MR) is 132 cm³/mol. The molecule has 3 aromatic carbocycles. The Kier molecular flexibility index (Phi) is 5.67. The number of ketones is 1. The Morgan fingerprint density at radius 3 is 2.00 bits per heavy atom. The van der Waals surface area contributed by atoms with E-state index in [4.69, 9.17) is 0 Å². The van der Waals surface area contributed by atoms with Gasteiger partial charge in [-0.3, -0.25) is 14.4 Å². The third-order valence-electron chi connectivity index (χ3n) is 6.21. The van der Waals surface area contributed by atoms with Crippen molar-refractivity contribution < 1.29 is 9.59 Å². The van der Waals surface area contributed by atoms with Crippen molar-refractivity contribution in [1.29, 1.82) is 0 Å². The lowest BCUT2D eigenvalue weighted by Crippen LogP contribution is -2.49. The van der Waals surface area contributed by atoms with Gasteiger partial charge < -0.3 is 9.80 Å². The number of carbonyl (C=O) groups excluding carboxylic acids is 2. The molecule has 0 saturated carbocycles. The van der Waals surface area contributed by atoms with Crippen LogP contribution in [-0.2, 0) is 0 Å². The van der Waals surface area contributed by atoms with Gasteiger partial charge in [-0.1, -0.05) is 36.4 Å². The van der Waals surface area contributed by atoms with E-state index in [0.29, 0.717) is 48.2 Å². The van der Waals surface area contributed by atoms with Crippen molar-refractivity contribution in [1.82, 2.24) is 14.7 Å². The van der Waals surface area contributed by atoms with Crippen molar-refractivity contribution in [2.24, 2.45) is 0 Å². The van der Waals surface area contributed by atoms with Gasteiger partial charge in [-0.25, -0.2) is 0 Å². The average molecular weight is 453 g/mol. The van der Waals surface area contributed by atoms with E-state index in [1.165, 1.54) is 4.68 Å². The van der Waals surface area contributed by atoms with Crippen LogP contribution >= 0.6 is 0 Å². The number of carbonyl (C=O) groups is 2. The molecule has 1 amide bonds. The van der Waals surface area contributed by atoms with Crippen LogP contribution < -0.4 is 10.5 Å². The van der Waals surface area contributed by atoms with Crippen LogP contribution in [0, 0.1) is 0 Å². The maximum Gasteiger partial charge on any atom is 0.279 e. The van der Waals surface area contributed by atoms with Gasteiger partial charge >= 0.3 is 0 Å². The number of anilines is 1. The number of fused-ring (bicyclic) bond motifs is 1. The Bertz CT molecular complexity index is 1420. The van der Waals surface area contributed by atoms with Gasteiger partial charge in [0.25, 0.3) is 11.5 Å². The number of rotatable bonds is 4. The van der Waals surface area contributed by atoms with Crippen molar-refractivity contribution >= 4 is 28.2 Å². The summed E-state index contributed by atoms with van der Waals surface area (Å²) < 4.78 is 1.31. The molecule has 0 bridgehead atoms. The highest BCUT2D eigenvalue weighted by atomic mass is 16.2. The first kappa shape index (κ1) is 21.6. The summed E-state index contributed by atoms with van der Waals surface area (Å²) >= 11 is 0. The topological polar surface area (TPSA) is 75.5 Å². The molecule has 1 fully saturated rings. The average Bonchev–Trinajstić information content (AvgIpc) is 2.89.